The molecule has 1 unspecified atom stereocenters. The van der Waals surface area contributed by atoms with Crippen LogP contribution in [0.2, 0.25) is 0 Å². The molecule has 0 bridgehead atoms. The third kappa shape index (κ3) is 3.98. The Morgan fingerprint density at radius 2 is 2.42 bits per heavy atom. The number of hydrogen-bond acceptors (Lipinski definition) is 3. The topological polar surface area (TPSA) is 63.2 Å². The number of urea groups is 1. The van der Waals surface area contributed by atoms with Gasteiger partial charge in [-0.2, -0.15) is 0 Å². The van der Waals surface area contributed by atoms with Gasteiger partial charge in [0.05, 0.1) is 6.61 Å². The molecule has 19 heavy (non-hydrogen) atoms. The zero-order valence-electron chi connectivity index (χ0n) is 11.1. The number of hydrogen-bond donors (Lipinski definition) is 2. The fourth-order valence-electron chi connectivity index (χ4n) is 2.01. The van der Waals surface area contributed by atoms with E-state index in [0.29, 0.717) is 18.2 Å². The molecule has 1 aromatic rings. The molecule has 102 valence electrons. The van der Waals surface area contributed by atoms with Crippen LogP contribution in [0.4, 0.5) is 10.5 Å². The van der Waals surface area contributed by atoms with Gasteiger partial charge in [0.15, 0.2) is 0 Å². The fraction of sp³-hybridized carbons (Fsp3) is 0.429. The standard InChI is InChI=1S/C14H19N3O2/c1-2-19-13-12(9-6-10-15-13)17-14(18)16-11-7-4-3-5-8-11/h3-4,6,9-11H,2,5,7-8H2,1H3,(H2,16,17,18). The number of aromatic nitrogens is 1. The Kier molecular flexibility index (Phi) is 4.78. The van der Waals surface area contributed by atoms with Crippen LogP contribution >= 0.6 is 0 Å². The molecule has 1 aliphatic carbocycles. The van der Waals surface area contributed by atoms with E-state index in [1.807, 2.05) is 6.92 Å². The van der Waals surface area contributed by atoms with Gasteiger partial charge in [-0.05, 0) is 38.3 Å². The average molecular weight is 261 g/mol. The first-order valence-electron chi connectivity index (χ1n) is 6.60. The summed E-state index contributed by atoms with van der Waals surface area (Å²) < 4.78 is 5.36. The van der Waals surface area contributed by atoms with Crippen molar-refractivity contribution < 1.29 is 9.53 Å². The van der Waals surface area contributed by atoms with E-state index in [9.17, 15) is 4.79 Å². The van der Waals surface area contributed by atoms with Crippen molar-refractivity contribution in [3.63, 3.8) is 0 Å². The van der Waals surface area contributed by atoms with Gasteiger partial charge >= 0.3 is 6.03 Å². The van der Waals surface area contributed by atoms with Crippen LogP contribution in [0.15, 0.2) is 30.5 Å². The molecule has 5 heteroatoms. The van der Waals surface area contributed by atoms with E-state index in [0.717, 1.165) is 19.3 Å². The molecule has 0 spiro atoms. The summed E-state index contributed by atoms with van der Waals surface area (Å²) in [6.45, 7) is 2.40. The normalized spacial score (nSPS) is 17.8. The number of ether oxygens (including phenoxy) is 1. The molecule has 2 amide bonds. The van der Waals surface area contributed by atoms with Crippen molar-refractivity contribution in [1.29, 1.82) is 0 Å². The Bertz CT molecular complexity index is 460. The molecule has 0 saturated heterocycles. The quantitative estimate of drug-likeness (QED) is 0.819. The molecule has 0 radical (unpaired) electrons. The summed E-state index contributed by atoms with van der Waals surface area (Å²) in [6, 6.07) is 3.53. The largest absolute Gasteiger partial charge is 0.476 e. The second kappa shape index (κ2) is 6.78. The minimum atomic E-state index is -0.214. The van der Waals surface area contributed by atoms with E-state index in [1.165, 1.54) is 0 Å². The van der Waals surface area contributed by atoms with Crippen molar-refractivity contribution in [1.82, 2.24) is 10.3 Å². The van der Waals surface area contributed by atoms with Gasteiger partial charge in [0.25, 0.3) is 0 Å². The van der Waals surface area contributed by atoms with Gasteiger partial charge in [0, 0.05) is 12.2 Å². The van der Waals surface area contributed by atoms with Crippen LogP contribution in [0.25, 0.3) is 0 Å². The molecule has 0 aromatic carbocycles. The first kappa shape index (κ1) is 13.4. The van der Waals surface area contributed by atoms with Crippen LogP contribution in [0.5, 0.6) is 5.88 Å². The molecule has 1 atom stereocenters. The summed E-state index contributed by atoms with van der Waals surface area (Å²) in [6.07, 6.45) is 8.77. The Labute approximate surface area is 113 Å². The van der Waals surface area contributed by atoms with Crippen molar-refractivity contribution in [3.05, 3.63) is 30.5 Å². The Morgan fingerprint density at radius 3 is 3.16 bits per heavy atom. The maximum atomic E-state index is 11.9. The number of nitrogens with zero attached hydrogens (tertiary/aromatic N) is 1. The summed E-state index contributed by atoms with van der Waals surface area (Å²) in [7, 11) is 0. The molecular formula is C14H19N3O2. The van der Waals surface area contributed by atoms with E-state index in [4.69, 9.17) is 4.74 Å². The summed E-state index contributed by atoms with van der Waals surface area (Å²) in [5, 5.41) is 5.73. The number of pyridine rings is 1. The predicted octanol–water partition coefficient (Wildman–Crippen LogP) is 2.71. The van der Waals surface area contributed by atoms with Gasteiger partial charge in [0.1, 0.15) is 5.69 Å². The van der Waals surface area contributed by atoms with Crippen molar-refractivity contribution in [2.45, 2.75) is 32.2 Å². The molecule has 1 heterocycles. The Morgan fingerprint density at radius 1 is 1.53 bits per heavy atom. The highest BCUT2D eigenvalue weighted by Gasteiger charge is 2.14. The molecule has 2 rings (SSSR count). The van der Waals surface area contributed by atoms with Crippen molar-refractivity contribution in [2.24, 2.45) is 0 Å². The summed E-state index contributed by atoms with van der Waals surface area (Å²) in [4.78, 5) is 16.0. The number of rotatable bonds is 4. The fourth-order valence-corrected chi connectivity index (χ4v) is 2.01. The smallest absolute Gasteiger partial charge is 0.319 e. The van der Waals surface area contributed by atoms with Crippen molar-refractivity contribution in [3.8, 4) is 5.88 Å². The lowest BCUT2D eigenvalue weighted by atomic mass is 10.0. The lowest BCUT2D eigenvalue weighted by molar-refractivity contribution is 0.247. The predicted molar refractivity (Wildman–Crippen MR) is 74.3 cm³/mol. The van der Waals surface area contributed by atoms with Crippen LogP contribution in [-0.4, -0.2) is 23.7 Å². The van der Waals surface area contributed by atoms with Gasteiger partial charge in [-0.1, -0.05) is 12.2 Å². The van der Waals surface area contributed by atoms with E-state index in [1.54, 1.807) is 18.3 Å². The molecule has 0 aliphatic heterocycles. The van der Waals surface area contributed by atoms with E-state index in [-0.39, 0.29) is 12.1 Å². The molecule has 2 N–H and O–H groups in total. The SMILES string of the molecule is CCOc1ncccc1NC(=O)NC1CC=CCC1. The number of amides is 2. The highest BCUT2D eigenvalue weighted by molar-refractivity contribution is 5.90. The van der Waals surface area contributed by atoms with Gasteiger partial charge in [-0.15, -0.1) is 0 Å². The highest BCUT2D eigenvalue weighted by Crippen LogP contribution is 2.20. The highest BCUT2D eigenvalue weighted by atomic mass is 16.5. The van der Waals surface area contributed by atoms with E-state index >= 15 is 0 Å². The number of carbonyl (C=O) groups is 1. The first-order chi connectivity index (χ1) is 9.29. The zero-order chi connectivity index (χ0) is 13.5. The third-order valence-corrected chi connectivity index (χ3v) is 2.90. The zero-order valence-corrected chi connectivity index (χ0v) is 11.1. The molecular weight excluding hydrogens is 242 g/mol. The monoisotopic (exact) mass is 261 g/mol. The second-order valence-corrected chi connectivity index (χ2v) is 4.37. The van der Waals surface area contributed by atoms with Crippen molar-refractivity contribution in [2.75, 3.05) is 11.9 Å². The number of anilines is 1. The molecule has 5 nitrogen and oxygen atoms in total. The van der Waals surface area contributed by atoms with Crippen LogP contribution in [-0.2, 0) is 0 Å². The molecule has 1 aromatic heterocycles. The van der Waals surface area contributed by atoms with E-state index in [2.05, 4.69) is 27.8 Å². The average Bonchev–Trinajstić information content (AvgIpc) is 2.42. The minimum absolute atomic E-state index is 0.206. The van der Waals surface area contributed by atoms with Crippen molar-refractivity contribution >= 4 is 11.7 Å². The number of carbonyl (C=O) groups excluding carboxylic acids is 1. The van der Waals surface area contributed by atoms with Crippen LogP contribution in [0.1, 0.15) is 26.2 Å². The summed E-state index contributed by atoms with van der Waals surface area (Å²) >= 11 is 0. The maximum Gasteiger partial charge on any atom is 0.319 e. The van der Waals surface area contributed by atoms with Gasteiger partial charge in [-0.25, -0.2) is 9.78 Å². The lowest BCUT2D eigenvalue weighted by Gasteiger charge is -2.20. The molecule has 0 fully saturated rings. The molecule has 1 aliphatic rings. The van der Waals surface area contributed by atoms with Gasteiger partial charge in [-0.3, -0.25) is 0 Å². The third-order valence-electron chi connectivity index (χ3n) is 2.90. The second-order valence-electron chi connectivity index (χ2n) is 4.37. The number of nitrogens with one attached hydrogen (secondary N) is 2. The lowest BCUT2D eigenvalue weighted by Crippen LogP contribution is -2.38. The van der Waals surface area contributed by atoms with E-state index < -0.39 is 0 Å². The summed E-state index contributed by atoms with van der Waals surface area (Å²) in [5.41, 5.74) is 0.591. The number of allylic oxidation sites excluding steroid dienone is 1. The first-order valence-corrected chi connectivity index (χ1v) is 6.60. The van der Waals surface area contributed by atoms with Crippen LogP contribution < -0.4 is 15.4 Å². The Hall–Kier alpha value is -2.04. The van der Waals surface area contributed by atoms with Gasteiger partial charge < -0.3 is 15.4 Å². The maximum absolute atomic E-state index is 11.9. The summed E-state index contributed by atoms with van der Waals surface area (Å²) in [5.74, 6) is 0.448. The Balaban J connectivity index is 1.92. The van der Waals surface area contributed by atoms with Crippen LogP contribution in [0, 0.1) is 0 Å². The van der Waals surface area contributed by atoms with Crippen LogP contribution in [0.3, 0.4) is 0 Å². The minimum Gasteiger partial charge on any atom is -0.476 e. The van der Waals surface area contributed by atoms with Gasteiger partial charge in [0.2, 0.25) is 5.88 Å². The molecule has 0 saturated carbocycles.